The number of aromatic nitrogens is 6. The third kappa shape index (κ3) is 2.99. The molecule has 1 fully saturated rings. The number of piperidine rings is 1. The summed E-state index contributed by atoms with van der Waals surface area (Å²) < 4.78 is 1.80. The van der Waals surface area contributed by atoms with Gasteiger partial charge in [-0.15, -0.1) is 5.10 Å². The summed E-state index contributed by atoms with van der Waals surface area (Å²) in [6, 6.07) is 6.50. The summed E-state index contributed by atoms with van der Waals surface area (Å²) in [6.07, 6.45) is 3.80. The van der Waals surface area contributed by atoms with Gasteiger partial charge in [-0.25, -0.2) is 4.98 Å². The summed E-state index contributed by atoms with van der Waals surface area (Å²) in [7, 11) is 2.12. The van der Waals surface area contributed by atoms with Crippen molar-refractivity contribution in [3.8, 4) is 0 Å². The van der Waals surface area contributed by atoms with Gasteiger partial charge >= 0.3 is 0 Å². The molecule has 4 rings (SSSR count). The maximum absolute atomic E-state index is 4.43. The number of aryl methyl sites for hydroxylation is 2. The molecule has 0 aliphatic carbocycles. The summed E-state index contributed by atoms with van der Waals surface area (Å²) in [5, 5.41) is 12.9. The van der Waals surface area contributed by atoms with E-state index in [0.29, 0.717) is 11.8 Å². The van der Waals surface area contributed by atoms with E-state index in [4.69, 9.17) is 0 Å². The van der Waals surface area contributed by atoms with Crippen LogP contribution in [0.25, 0.3) is 5.78 Å². The predicted octanol–water partition coefficient (Wildman–Crippen LogP) is 1.64. The molecule has 1 saturated heterocycles. The van der Waals surface area contributed by atoms with Crippen LogP contribution in [0.2, 0.25) is 0 Å². The van der Waals surface area contributed by atoms with Crippen LogP contribution in [0.3, 0.4) is 0 Å². The fourth-order valence-electron chi connectivity index (χ4n) is 3.39. The maximum atomic E-state index is 4.43. The Bertz CT molecular complexity index is 872. The first kappa shape index (κ1) is 15.7. The van der Waals surface area contributed by atoms with E-state index in [0.717, 1.165) is 49.0 Å². The molecule has 4 heterocycles. The van der Waals surface area contributed by atoms with Crippen LogP contribution in [0.15, 0.2) is 24.5 Å². The summed E-state index contributed by atoms with van der Waals surface area (Å²) >= 11 is 0. The molecule has 1 aliphatic rings. The lowest BCUT2D eigenvalue weighted by atomic mass is 10.0. The molecule has 8 heteroatoms. The number of anilines is 2. The molecule has 0 spiro atoms. The Kier molecular flexibility index (Phi) is 3.95. The summed E-state index contributed by atoms with van der Waals surface area (Å²) in [4.78, 5) is 13.2. The molecule has 1 aliphatic heterocycles. The Hall–Kier alpha value is -2.77. The van der Waals surface area contributed by atoms with E-state index in [9.17, 15) is 0 Å². The van der Waals surface area contributed by atoms with Gasteiger partial charge in [0.05, 0.1) is 5.69 Å². The normalized spacial score (nSPS) is 17.9. The monoisotopic (exact) mass is 338 g/mol. The standard InChI is InChI=1S/C17H22N8/c1-12-6-7-15(22-21-12)24-8-4-5-14(10-24)23(3)16-9-13(2)20-17-18-11-19-25(16)17/h6-7,9,11,14H,4-5,8,10H2,1-3H3/t14-/m1/s1. The van der Waals surface area contributed by atoms with Crippen molar-refractivity contribution in [3.63, 3.8) is 0 Å². The van der Waals surface area contributed by atoms with Crippen molar-refractivity contribution in [1.82, 2.24) is 29.8 Å². The van der Waals surface area contributed by atoms with Gasteiger partial charge in [-0.05, 0) is 38.8 Å². The van der Waals surface area contributed by atoms with Gasteiger partial charge in [-0.2, -0.15) is 19.7 Å². The molecule has 1 atom stereocenters. The van der Waals surface area contributed by atoms with Gasteiger partial charge in [0.1, 0.15) is 12.1 Å². The third-order valence-electron chi connectivity index (χ3n) is 4.77. The SMILES string of the molecule is Cc1ccc(N2CCC[C@@H](N(C)c3cc(C)nc4ncnn34)C2)nn1. The van der Waals surface area contributed by atoms with E-state index in [2.05, 4.69) is 54.2 Å². The number of hydrogen-bond acceptors (Lipinski definition) is 7. The molecule has 0 aromatic carbocycles. The van der Waals surface area contributed by atoms with Gasteiger partial charge in [0.25, 0.3) is 5.78 Å². The van der Waals surface area contributed by atoms with E-state index in [-0.39, 0.29) is 0 Å². The number of nitrogens with zero attached hydrogens (tertiary/aromatic N) is 8. The topological polar surface area (TPSA) is 75.3 Å². The van der Waals surface area contributed by atoms with Crippen LogP contribution in [0.1, 0.15) is 24.2 Å². The number of hydrogen-bond donors (Lipinski definition) is 0. The second-order valence-corrected chi connectivity index (χ2v) is 6.61. The largest absolute Gasteiger partial charge is 0.355 e. The van der Waals surface area contributed by atoms with Gasteiger partial charge in [-0.3, -0.25) is 0 Å². The highest BCUT2D eigenvalue weighted by atomic mass is 15.4. The zero-order valence-corrected chi connectivity index (χ0v) is 14.8. The van der Waals surface area contributed by atoms with Crippen LogP contribution in [0, 0.1) is 13.8 Å². The lowest BCUT2D eigenvalue weighted by Crippen LogP contribution is -2.47. The summed E-state index contributed by atoms with van der Waals surface area (Å²) in [5.74, 6) is 2.60. The molecule has 0 radical (unpaired) electrons. The Morgan fingerprint density at radius 1 is 1.16 bits per heavy atom. The number of rotatable bonds is 3. The van der Waals surface area contributed by atoms with Gasteiger partial charge in [0.15, 0.2) is 5.82 Å². The fourth-order valence-corrected chi connectivity index (χ4v) is 3.39. The maximum Gasteiger partial charge on any atom is 0.254 e. The van der Waals surface area contributed by atoms with Gasteiger partial charge in [0, 0.05) is 37.9 Å². The molecule has 3 aromatic heterocycles. The van der Waals surface area contributed by atoms with Crippen molar-refractivity contribution in [1.29, 1.82) is 0 Å². The number of likely N-dealkylation sites (N-methyl/N-ethyl adjacent to an activating group) is 1. The highest BCUT2D eigenvalue weighted by molar-refractivity contribution is 5.48. The zero-order chi connectivity index (χ0) is 17.4. The average molecular weight is 338 g/mol. The van der Waals surface area contributed by atoms with E-state index in [1.807, 2.05) is 19.9 Å². The number of fused-ring (bicyclic) bond motifs is 1. The minimum absolute atomic E-state index is 0.367. The predicted molar refractivity (Wildman–Crippen MR) is 95.9 cm³/mol. The summed E-state index contributed by atoms with van der Waals surface area (Å²) in [6.45, 7) is 5.86. The molecule has 0 saturated carbocycles. The van der Waals surface area contributed by atoms with Crippen molar-refractivity contribution in [2.45, 2.75) is 32.7 Å². The van der Waals surface area contributed by atoms with Gasteiger partial charge < -0.3 is 9.80 Å². The molecular weight excluding hydrogens is 316 g/mol. The van der Waals surface area contributed by atoms with E-state index >= 15 is 0 Å². The Morgan fingerprint density at radius 3 is 2.84 bits per heavy atom. The van der Waals surface area contributed by atoms with Crippen LogP contribution in [0.4, 0.5) is 11.6 Å². The first-order chi connectivity index (χ1) is 12.1. The van der Waals surface area contributed by atoms with E-state index in [1.54, 1.807) is 10.8 Å². The quantitative estimate of drug-likeness (QED) is 0.718. The van der Waals surface area contributed by atoms with Crippen molar-refractivity contribution < 1.29 is 0 Å². The highest BCUT2D eigenvalue weighted by Gasteiger charge is 2.26. The Labute approximate surface area is 146 Å². The highest BCUT2D eigenvalue weighted by Crippen LogP contribution is 2.24. The lowest BCUT2D eigenvalue weighted by Gasteiger charge is -2.38. The molecule has 3 aromatic rings. The smallest absolute Gasteiger partial charge is 0.254 e. The van der Waals surface area contributed by atoms with Crippen LogP contribution >= 0.6 is 0 Å². The molecule has 25 heavy (non-hydrogen) atoms. The third-order valence-corrected chi connectivity index (χ3v) is 4.77. The molecule has 0 amide bonds. The minimum Gasteiger partial charge on any atom is -0.355 e. The summed E-state index contributed by atoms with van der Waals surface area (Å²) in [5.41, 5.74) is 1.88. The van der Waals surface area contributed by atoms with Crippen molar-refractivity contribution in [2.24, 2.45) is 0 Å². The van der Waals surface area contributed by atoms with Crippen LogP contribution in [-0.4, -0.2) is 56.0 Å². The minimum atomic E-state index is 0.367. The lowest BCUT2D eigenvalue weighted by molar-refractivity contribution is 0.480. The molecule has 130 valence electrons. The molecular formula is C17H22N8. The molecule has 0 N–H and O–H groups in total. The molecule has 0 unspecified atom stereocenters. The first-order valence-electron chi connectivity index (χ1n) is 8.57. The van der Waals surface area contributed by atoms with Crippen LogP contribution < -0.4 is 9.80 Å². The van der Waals surface area contributed by atoms with Crippen LogP contribution in [0.5, 0.6) is 0 Å². The van der Waals surface area contributed by atoms with Crippen molar-refractivity contribution in [2.75, 3.05) is 29.9 Å². The van der Waals surface area contributed by atoms with E-state index in [1.165, 1.54) is 0 Å². The van der Waals surface area contributed by atoms with E-state index < -0.39 is 0 Å². The zero-order valence-electron chi connectivity index (χ0n) is 14.8. The average Bonchev–Trinajstić information content (AvgIpc) is 3.09. The Morgan fingerprint density at radius 2 is 2.04 bits per heavy atom. The van der Waals surface area contributed by atoms with Crippen LogP contribution in [-0.2, 0) is 0 Å². The van der Waals surface area contributed by atoms with Crippen molar-refractivity contribution in [3.05, 3.63) is 35.9 Å². The van der Waals surface area contributed by atoms with Crippen molar-refractivity contribution >= 4 is 17.4 Å². The molecule has 8 nitrogen and oxygen atoms in total. The fraction of sp³-hybridized carbons (Fsp3) is 0.471. The van der Waals surface area contributed by atoms with Gasteiger partial charge in [0.2, 0.25) is 0 Å². The van der Waals surface area contributed by atoms with Gasteiger partial charge in [-0.1, -0.05) is 0 Å². The molecule has 0 bridgehead atoms. The second-order valence-electron chi connectivity index (χ2n) is 6.61. The second kappa shape index (κ2) is 6.27. The Balaban J connectivity index is 1.60. The first-order valence-corrected chi connectivity index (χ1v) is 8.57.